The topological polar surface area (TPSA) is 64.3 Å². The van der Waals surface area contributed by atoms with Crippen LogP contribution in [0.4, 0.5) is 0 Å². The highest BCUT2D eigenvalue weighted by molar-refractivity contribution is 7.80. The molecule has 4 nitrogen and oxygen atoms in total. The summed E-state index contributed by atoms with van der Waals surface area (Å²) in [6, 6.07) is 0. The highest BCUT2D eigenvalue weighted by Crippen LogP contribution is 2.36. The van der Waals surface area contributed by atoms with Crippen LogP contribution in [0.1, 0.15) is 51.9 Å². The lowest BCUT2D eigenvalue weighted by Gasteiger charge is -2.31. The second kappa shape index (κ2) is 6.85. The predicted octanol–water partition coefficient (Wildman–Crippen LogP) is 2.15. The van der Waals surface area contributed by atoms with Gasteiger partial charge in [0.05, 0.1) is 16.5 Å². The van der Waals surface area contributed by atoms with Gasteiger partial charge in [0.25, 0.3) is 0 Å². The minimum absolute atomic E-state index is 0.0333. The highest BCUT2D eigenvalue weighted by Gasteiger charge is 2.41. The van der Waals surface area contributed by atoms with E-state index in [9.17, 15) is 4.79 Å². The van der Waals surface area contributed by atoms with Gasteiger partial charge in [0.1, 0.15) is 0 Å². The Bertz CT molecular complexity index is 365. The number of nitrogens with two attached hydrogens (primary N) is 1. The molecule has 3 N–H and O–H groups in total. The Morgan fingerprint density at radius 1 is 1.35 bits per heavy atom. The molecule has 0 aromatic heterocycles. The summed E-state index contributed by atoms with van der Waals surface area (Å²) in [5, 5.41) is 3.09. The van der Waals surface area contributed by atoms with Crippen molar-refractivity contribution in [1.29, 1.82) is 0 Å². The number of rotatable bonds is 4. The number of carbonyl (C=O) groups is 1. The normalized spacial score (nSPS) is 29.6. The molecule has 2 rings (SSSR count). The minimum Gasteiger partial charge on any atom is -0.392 e. The van der Waals surface area contributed by atoms with Gasteiger partial charge in [0.15, 0.2) is 0 Å². The van der Waals surface area contributed by atoms with Gasteiger partial charge in [0, 0.05) is 19.1 Å². The van der Waals surface area contributed by atoms with Crippen molar-refractivity contribution in [3.05, 3.63) is 0 Å². The fraction of sp³-hybridized carbons (Fsp3) is 0.867. The first-order valence-electron chi connectivity index (χ1n) is 7.76. The summed E-state index contributed by atoms with van der Waals surface area (Å²) in [5.74, 6) is 0.444. The first-order valence-corrected chi connectivity index (χ1v) is 8.17. The van der Waals surface area contributed by atoms with Crippen molar-refractivity contribution in [3.8, 4) is 0 Å². The molecule has 2 unspecified atom stereocenters. The van der Waals surface area contributed by atoms with Crippen molar-refractivity contribution in [3.63, 3.8) is 0 Å². The third kappa shape index (κ3) is 3.31. The molecule has 0 bridgehead atoms. The standard InChI is InChI=1S/C15H26N2O2S/c1-11-12(6-9-19-11)10-17-14(18)15(13(16)20)7-4-2-3-5-8-15/h11-12H,2-10H2,1H3,(H2,16,20)(H,17,18). The maximum absolute atomic E-state index is 12.7. The second-order valence-electron chi connectivity index (χ2n) is 6.20. The number of hydrogen-bond acceptors (Lipinski definition) is 3. The van der Waals surface area contributed by atoms with E-state index in [1.165, 1.54) is 12.8 Å². The van der Waals surface area contributed by atoms with E-state index in [2.05, 4.69) is 12.2 Å². The van der Waals surface area contributed by atoms with Crippen LogP contribution < -0.4 is 11.1 Å². The van der Waals surface area contributed by atoms with Crippen molar-refractivity contribution < 1.29 is 9.53 Å². The molecule has 2 aliphatic rings. The number of amides is 1. The number of thiocarbonyl (C=S) groups is 1. The summed E-state index contributed by atoms with van der Waals surface area (Å²) >= 11 is 5.23. The summed E-state index contributed by atoms with van der Waals surface area (Å²) in [6.07, 6.45) is 7.25. The molecule has 1 saturated carbocycles. The molecule has 2 fully saturated rings. The molecule has 0 spiro atoms. The molecule has 20 heavy (non-hydrogen) atoms. The molecule has 0 aromatic carbocycles. The van der Waals surface area contributed by atoms with Gasteiger partial charge >= 0.3 is 0 Å². The molecule has 114 valence electrons. The van der Waals surface area contributed by atoms with Crippen LogP contribution in [0.2, 0.25) is 0 Å². The molecule has 5 heteroatoms. The van der Waals surface area contributed by atoms with Gasteiger partial charge in [-0.15, -0.1) is 0 Å². The summed E-state index contributed by atoms with van der Waals surface area (Å²) < 4.78 is 5.53. The Kier molecular flexibility index (Phi) is 5.38. The van der Waals surface area contributed by atoms with Crippen LogP contribution in [0.15, 0.2) is 0 Å². The Morgan fingerprint density at radius 3 is 2.50 bits per heavy atom. The van der Waals surface area contributed by atoms with Crippen LogP contribution in [0.5, 0.6) is 0 Å². The van der Waals surface area contributed by atoms with Crippen molar-refractivity contribution in [2.24, 2.45) is 17.1 Å². The zero-order valence-electron chi connectivity index (χ0n) is 12.3. The van der Waals surface area contributed by atoms with E-state index < -0.39 is 5.41 Å². The van der Waals surface area contributed by atoms with E-state index >= 15 is 0 Å². The number of hydrogen-bond donors (Lipinski definition) is 2. The van der Waals surface area contributed by atoms with Gasteiger partial charge in [-0.3, -0.25) is 4.79 Å². The third-order valence-corrected chi connectivity index (χ3v) is 5.31. The van der Waals surface area contributed by atoms with Gasteiger partial charge in [-0.05, 0) is 26.2 Å². The number of carbonyl (C=O) groups excluding carboxylic acids is 1. The Labute approximate surface area is 126 Å². The molecule has 1 amide bonds. The second-order valence-corrected chi connectivity index (χ2v) is 6.64. The Hall–Kier alpha value is -0.680. The maximum Gasteiger partial charge on any atom is 0.233 e. The van der Waals surface area contributed by atoms with Crippen molar-refractivity contribution >= 4 is 23.1 Å². The van der Waals surface area contributed by atoms with Gasteiger partial charge in [0.2, 0.25) is 5.91 Å². The average molecular weight is 298 g/mol. The van der Waals surface area contributed by atoms with Crippen LogP contribution >= 0.6 is 12.2 Å². The van der Waals surface area contributed by atoms with Gasteiger partial charge in [-0.2, -0.15) is 0 Å². The molecular formula is C15H26N2O2S. The average Bonchev–Trinajstić information content (AvgIpc) is 2.67. The third-order valence-electron chi connectivity index (χ3n) is 4.92. The van der Waals surface area contributed by atoms with Crippen LogP contribution in [0.25, 0.3) is 0 Å². The number of ether oxygens (including phenoxy) is 1. The first kappa shape index (κ1) is 15.7. The van der Waals surface area contributed by atoms with Crippen LogP contribution in [0, 0.1) is 11.3 Å². The quantitative estimate of drug-likeness (QED) is 0.616. The molecule has 1 aliphatic heterocycles. The lowest BCUT2D eigenvalue weighted by Crippen LogP contribution is -2.50. The smallest absolute Gasteiger partial charge is 0.233 e. The number of nitrogens with one attached hydrogen (secondary N) is 1. The summed E-state index contributed by atoms with van der Waals surface area (Å²) in [7, 11) is 0. The van der Waals surface area contributed by atoms with Crippen LogP contribution in [-0.2, 0) is 9.53 Å². The predicted molar refractivity (Wildman–Crippen MR) is 83.5 cm³/mol. The minimum atomic E-state index is -0.617. The van der Waals surface area contributed by atoms with E-state index in [-0.39, 0.29) is 12.0 Å². The molecule has 0 radical (unpaired) electrons. The summed E-state index contributed by atoms with van der Waals surface area (Å²) in [5.41, 5.74) is 5.31. The molecule has 0 aromatic rings. The zero-order chi connectivity index (χ0) is 14.6. The van der Waals surface area contributed by atoms with Crippen molar-refractivity contribution in [2.75, 3.05) is 13.2 Å². The van der Waals surface area contributed by atoms with E-state index in [4.69, 9.17) is 22.7 Å². The lowest BCUT2D eigenvalue weighted by molar-refractivity contribution is -0.128. The SMILES string of the molecule is CC1OCCC1CNC(=O)C1(C(N)=S)CCCCCC1. The van der Waals surface area contributed by atoms with Crippen LogP contribution in [-0.4, -0.2) is 30.2 Å². The van der Waals surface area contributed by atoms with Gasteiger partial charge < -0.3 is 15.8 Å². The van der Waals surface area contributed by atoms with E-state index in [1.807, 2.05) is 0 Å². The highest BCUT2D eigenvalue weighted by atomic mass is 32.1. The molecule has 2 atom stereocenters. The van der Waals surface area contributed by atoms with E-state index in [0.29, 0.717) is 17.5 Å². The monoisotopic (exact) mass is 298 g/mol. The molecule has 1 heterocycles. The Morgan fingerprint density at radius 2 is 2.00 bits per heavy atom. The molecule has 1 saturated heterocycles. The summed E-state index contributed by atoms with van der Waals surface area (Å²) in [4.78, 5) is 13.0. The Balaban J connectivity index is 1.97. The van der Waals surface area contributed by atoms with Gasteiger partial charge in [-0.1, -0.05) is 37.9 Å². The molecular weight excluding hydrogens is 272 g/mol. The lowest BCUT2D eigenvalue weighted by atomic mass is 9.79. The van der Waals surface area contributed by atoms with Gasteiger partial charge in [-0.25, -0.2) is 0 Å². The van der Waals surface area contributed by atoms with Crippen LogP contribution in [0.3, 0.4) is 0 Å². The first-order chi connectivity index (χ1) is 9.56. The van der Waals surface area contributed by atoms with E-state index in [1.54, 1.807) is 0 Å². The fourth-order valence-corrected chi connectivity index (χ4v) is 3.65. The molecule has 1 aliphatic carbocycles. The summed E-state index contributed by atoms with van der Waals surface area (Å²) in [6.45, 7) is 3.53. The maximum atomic E-state index is 12.7. The zero-order valence-corrected chi connectivity index (χ0v) is 13.1. The van der Waals surface area contributed by atoms with E-state index in [0.717, 1.165) is 38.7 Å². The fourth-order valence-electron chi connectivity index (χ4n) is 3.35. The largest absolute Gasteiger partial charge is 0.392 e. The van der Waals surface area contributed by atoms with Crippen molar-refractivity contribution in [2.45, 2.75) is 58.0 Å². The van der Waals surface area contributed by atoms with Crippen molar-refractivity contribution in [1.82, 2.24) is 5.32 Å².